The second-order valence-corrected chi connectivity index (χ2v) is 4.33. The molecular formula is C16H18N2O. The molecule has 0 aliphatic carbocycles. The number of nitrogens with zero attached hydrogens (tertiary/aromatic N) is 1. The Bertz CT molecular complexity index is 587. The third kappa shape index (κ3) is 3.38. The van der Waals surface area contributed by atoms with E-state index in [2.05, 4.69) is 16.2 Å². The molecular weight excluding hydrogens is 236 g/mol. The highest BCUT2D eigenvalue weighted by Crippen LogP contribution is 2.25. The number of aromatic nitrogens is 1. The van der Waals surface area contributed by atoms with Gasteiger partial charge in [-0.05, 0) is 36.4 Å². The molecule has 0 fully saturated rings. The zero-order valence-corrected chi connectivity index (χ0v) is 11.1. The van der Waals surface area contributed by atoms with Crippen LogP contribution in [0.1, 0.15) is 19.3 Å². The Kier molecular flexibility index (Phi) is 4.63. The van der Waals surface area contributed by atoms with E-state index in [9.17, 15) is 0 Å². The lowest BCUT2D eigenvalue weighted by atomic mass is 10.1. The quantitative estimate of drug-likeness (QED) is 0.633. The summed E-state index contributed by atoms with van der Waals surface area (Å²) in [7, 11) is 1.67. The van der Waals surface area contributed by atoms with E-state index in [4.69, 9.17) is 11.2 Å². The van der Waals surface area contributed by atoms with Crippen LogP contribution >= 0.6 is 0 Å². The molecule has 3 nitrogen and oxygen atoms in total. The predicted molar refractivity (Wildman–Crippen MR) is 79.5 cm³/mol. The van der Waals surface area contributed by atoms with Crippen molar-refractivity contribution in [3.8, 4) is 18.1 Å². The molecule has 1 aromatic heterocycles. The molecule has 0 bridgehead atoms. The molecule has 1 aromatic carbocycles. The second kappa shape index (κ2) is 6.65. The third-order valence-corrected chi connectivity index (χ3v) is 3.01. The van der Waals surface area contributed by atoms with Crippen LogP contribution in [0.3, 0.4) is 0 Å². The summed E-state index contributed by atoms with van der Waals surface area (Å²) in [5.41, 5.74) is 0. The lowest BCUT2D eigenvalue weighted by Crippen LogP contribution is -2.03. The summed E-state index contributed by atoms with van der Waals surface area (Å²) in [4.78, 5) is 4.39. The van der Waals surface area contributed by atoms with Crippen molar-refractivity contribution < 1.29 is 4.74 Å². The molecule has 1 N–H and O–H groups in total. The second-order valence-electron chi connectivity index (χ2n) is 4.33. The molecule has 0 amide bonds. The van der Waals surface area contributed by atoms with Crippen molar-refractivity contribution in [1.82, 2.24) is 4.98 Å². The standard InChI is InChI=1S/C16H18N2O/c1-3-4-5-6-10-17-16-15-12-14(19-2)8-7-13(15)9-11-18-16/h1,7-9,11-12H,4-6,10H2,2H3,(H,17,18). The largest absolute Gasteiger partial charge is 0.497 e. The Morgan fingerprint density at radius 1 is 1.32 bits per heavy atom. The van der Waals surface area contributed by atoms with E-state index in [1.807, 2.05) is 30.5 Å². The number of fused-ring (bicyclic) bond motifs is 1. The first-order valence-electron chi connectivity index (χ1n) is 6.45. The molecule has 0 saturated carbocycles. The number of benzene rings is 1. The van der Waals surface area contributed by atoms with E-state index in [1.54, 1.807) is 7.11 Å². The molecule has 0 atom stereocenters. The molecule has 19 heavy (non-hydrogen) atoms. The van der Waals surface area contributed by atoms with Crippen LogP contribution in [0.15, 0.2) is 30.5 Å². The minimum Gasteiger partial charge on any atom is -0.497 e. The summed E-state index contributed by atoms with van der Waals surface area (Å²) < 4.78 is 5.26. The highest BCUT2D eigenvalue weighted by molar-refractivity contribution is 5.92. The summed E-state index contributed by atoms with van der Waals surface area (Å²) in [6, 6.07) is 8.00. The van der Waals surface area contributed by atoms with Crippen LogP contribution in [-0.2, 0) is 0 Å². The SMILES string of the molecule is C#CCCCCNc1nccc2ccc(OC)cc12. The van der Waals surface area contributed by atoms with Crippen LogP contribution in [0.5, 0.6) is 5.75 Å². The Hall–Kier alpha value is -2.21. The van der Waals surface area contributed by atoms with Gasteiger partial charge in [0.05, 0.1) is 7.11 Å². The van der Waals surface area contributed by atoms with Gasteiger partial charge in [-0.15, -0.1) is 12.3 Å². The number of ether oxygens (including phenoxy) is 1. The van der Waals surface area contributed by atoms with Crippen LogP contribution in [0, 0.1) is 12.3 Å². The maximum Gasteiger partial charge on any atom is 0.133 e. The summed E-state index contributed by atoms with van der Waals surface area (Å²) in [5, 5.41) is 5.60. The smallest absolute Gasteiger partial charge is 0.133 e. The van der Waals surface area contributed by atoms with Crippen LogP contribution in [0.4, 0.5) is 5.82 Å². The van der Waals surface area contributed by atoms with Gasteiger partial charge in [0.25, 0.3) is 0 Å². The Morgan fingerprint density at radius 2 is 2.21 bits per heavy atom. The zero-order valence-electron chi connectivity index (χ0n) is 11.1. The van der Waals surface area contributed by atoms with E-state index in [1.165, 1.54) is 0 Å². The number of unbranched alkanes of at least 4 members (excludes halogenated alkanes) is 2. The van der Waals surface area contributed by atoms with Crippen molar-refractivity contribution in [1.29, 1.82) is 0 Å². The van der Waals surface area contributed by atoms with Gasteiger partial charge in [-0.2, -0.15) is 0 Å². The number of pyridine rings is 1. The fourth-order valence-corrected chi connectivity index (χ4v) is 1.97. The molecule has 0 unspecified atom stereocenters. The lowest BCUT2D eigenvalue weighted by Gasteiger charge is -2.09. The van der Waals surface area contributed by atoms with E-state index in [0.29, 0.717) is 0 Å². The van der Waals surface area contributed by atoms with Crippen LogP contribution in [-0.4, -0.2) is 18.6 Å². The van der Waals surface area contributed by atoms with Gasteiger partial charge in [0.2, 0.25) is 0 Å². The van der Waals surface area contributed by atoms with Gasteiger partial charge in [0, 0.05) is 24.5 Å². The number of hydrogen-bond acceptors (Lipinski definition) is 3. The van der Waals surface area contributed by atoms with E-state index >= 15 is 0 Å². The van der Waals surface area contributed by atoms with E-state index in [0.717, 1.165) is 48.1 Å². The molecule has 3 heteroatoms. The monoisotopic (exact) mass is 254 g/mol. The molecule has 0 saturated heterocycles. The summed E-state index contributed by atoms with van der Waals surface area (Å²) in [5.74, 6) is 4.39. The molecule has 1 heterocycles. The Balaban J connectivity index is 2.11. The molecule has 0 spiro atoms. The average Bonchev–Trinajstić information content (AvgIpc) is 2.46. The highest BCUT2D eigenvalue weighted by Gasteiger charge is 2.03. The fourth-order valence-electron chi connectivity index (χ4n) is 1.97. The first kappa shape index (κ1) is 13.2. The molecule has 98 valence electrons. The van der Waals surface area contributed by atoms with Gasteiger partial charge in [0.15, 0.2) is 0 Å². The third-order valence-electron chi connectivity index (χ3n) is 3.01. The number of rotatable bonds is 6. The van der Waals surface area contributed by atoms with Crippen molar-refractivity contribution in [3.05, 3.63) is 30.5 Å². The maximum atomic E-state index is 5.26. The number of terminal acetylenes is 1. The lowest BCUT2D eigenvalue weighted by molar-refractivity contribution is 0.415. The Morgan fingerprint density at radius 3 is 3.00 bits per heavy atom. The summed E-state index contributed by atoms with van der Waals surface area (Å²) in [6.45, 7) is 0.880. The van der Waals surface area contributed by atoms with Gasteiger partial charge in [-0.1, -0.05) is 6.07 Å². The molecule has 0 aliphatic heterocycles. The van der Waals surface area contributed by atoms with E-state index in [-0.39, 0.29) is 0 Å². The topological polar surface area (TPSA) is 34.2 Å². The number of methoxy groups -OCH3 is 1. The van der Waals surface area contributed by atoms with Crippen LogP contribution < -0.4 is 10.1 Å². The summed E-state index contributed by atoms with van der Waals surface area (Å²) >= 11 is 0. The minimum absolute atomic E-state index is 0.832. The van der Waals surface area contributed by atoms with Gasteiger partial charge >= 0.3 is 0 Å². The molecule has 0 radical (unpaired) electrons. The first-order chi connectivity index (χ1) is 9.35. The minimum atomic E-state index is 0.832. The fraction of sp³-hybridized carbons (Fsp3) is 0.312. The van der Waals surface area contributed by atoms with Gasteiger partial charge in [-0.25, -0.2) is 4.98 Å². The van der Waals surface area contributed by atoms with Crippen molar-refractivity contribution in [3.63, 3.8) is 0 Å². The molecule has 2 aromatic rings. The normalized spacial score (nSPS) is 10.1. The predicted octanol–water partition coefficient (Wildman–Crippen LogP) is 3.46. The number of nitrogens with one attached hydrogen (secondary N) is 1. The van der Waals surface area contributed by atoms with Crippen LogP contribution in [0.2, 0.25) is 0 Å². The van der Waals surface area contributed by atoms with E-state index < -0.39 is 0 Å². The molecule has 2 rings (SSSR count). The summed E-state index contributed by atoms with van der Waals surface area (Å²) in [6.07, 6.45) is 9.97. The number of hydrogen-bond donors (Lipinski definition) is 1. The average molecular weight is 254 g/mol. The maximum absolute atomic E-state index is 5.26. The highest BCUT2D eigenvalue weighted by atomic mass is 16.5. The van der Waals surface area contributed by atoms with Crippen LogP contribution in [0.25, 0.3) is 10.8 Å². The van der Waals surface area contributed by atoms with Gasteiger partial charge in [0.1, 0.15) is 11.6 Å². The van der Waals surface area contributed by atoms with Crippen molar-refractivity contribution >= 4 is 16.6 Å². The van der Waals surface area contributed by atoms with Gasteiger partial charge < -0.3 is 10.1 Å². The Labute approximate surface area is 114 Å². The van der Waals surface area contributed by atoms with Gasteiger partial charge in [-0.3, -0.25) is 0 Å². The number of anilines is 1. The van der Waals surface area contributed by atoms with Crippen molar-refractivity contribution in [2.45, 2.75) is 19.3 Å². The molecule has 0 aliphatic rings. The zero-order chi connectivity index (χ0) is 13.5. The van der Waals surface area contributed by atoms with Crippen molar-refractivity contribution in [2.75, 3.05) is 19.0 Å². The first-order valence-corrected chi connectivity index (χ1v) is 6.45. The van der Waals surface area contributed by atoms with Crippen molar-refractivity contribution in [2.24, 2.45) is 0 Å².